The van der Waals surface area contributed by atoms with Gasteiger partial charge in [0.1, 0.15) is 12.3 Å². The third-order valence-corrected chi connectivity index (χ3v) is 4.24. The number of ether oxygens (including phenoxy) is 1. The number of nitrogens with zero attached hydrogens (tertiary/aromatic N) is 2. The first kappa shape index (κ1) is 17.1. The molecule has 0 aliphatic carbocycles. The van der Waals surface area contributed by atoms with Crippen LogP contribution in [-0.4, -0.2) is 22.7 Å². The van der Waals surface area contributed by atoms with E-state index in [-0.39, 0.29) is 17.9 Å². The molecular weight excluding hydrogens is 384 g/mol. The smallest absolute Gasteiger partial charge is 0.267 e. The fourth-order valence-electron chi connectivity index (χ4n) is 2.34. The highest BCUT2D eigenvalue weighted by atomic mass is 79.9. The number of carbonyl (C=O) groups excluding carboxylic acids is 1. The van der Waals surface area contributed by atoms with Gasteiger partial charge in [0, 0.05) is 21.7 Å². The molecule has 0 atom stereocenters. The van der Waals surface area contributed by atoms with Gasteiger partial charge in [0.25, 0.3) is 5.56 Å². The van der Waals surface area contributed by atoms with Crippen molar-refractivity contribution in [2.45, 2.75) is 6.54 Å². The van der Waals surface area contributed by atoms with Gasteiger partial charge in [0.15, 0.2) is 5.78 Å². The first-order valence-electron chi connectivity index (χ1n) is 7.58. The number of ketones is 1. The Morgan fingerprint density at radius 1 is 1.04 bits per heavy atom. The lowest BCUT2D eigenvalue weighted by atomic mass is 10.1. The minimum Gasteiger partial charge on any atom is -0.497 e. The Morgan fingerprint density at radius 2 is 1.72 bits per heavy atom. The van der Waals surface area contributed by atoms with Crippen molar-refractivity contribution >= 4 is 21.7 Å². The van der Waals surface area contributed by atoms with Crippen molar-refractivity contribution in [2.24, 2.45) is 0 Å². The van der Waals surface area contributed by atoms with Crippen LogP contribution in [0.15, 0.2) is 69.9 Å². The van der Waals surface area contributed by atoms with E-state index in [1.165, 1.54) is 10.7 Å². The molecule has 0 saturated heterocycles. The van der Waals surface area contributed by atoms with E-state index in [2.05, 4.69) is 21.0 Å². The second-order valence-electron chi connectivity index (χ2n) is 5.37. The van der Waals surface area contributed by atoms with Crippen LogP contribution in [0.1, 0.15) is 10.4 Å². The molecule has 126 valence electrons. The van der Waals surface area contributed by atoms with Crippen LogP contribution in [0, 0.1) is 0 Å². The van der Waals surface area contributed by atoms with E-state index in [0.29, 0.717) is 17.0 Å². The summed E-state index contributed by atoms with van der Waals surface area (Å²) in [5, 5.41) is 4.31. The van der Waals surface area contributed by atoms with Gasteiger partial charge in [-0.2, -0.15) is 5.10 Å². The lowest BCUT2D eigenvalue weighted by molar-refractivity contribution is 0.0966. The van der Waals surface area contributed by atoms with E-state index in [1.54, 1.807) is 37.4 Å². The standard InChI is InChI=1S/C19H15BrN2O3/c1-25-16-8-4-14(5-9-16)18(23)12-22-19(24)11-10-17(21-22)13-2-6-15(20)7-3-13/h2-11H,12H2,1H3. The summed E-state index contributed by atoms with van der Waals surface area (Å²) >= 11 is 3.38. The number of halogens is 1. The predicted octanol–water partition coefficient (Wildman–Crippen LogP) is 3.56. The van der Waals surface area contributed by atoms with Crippen LogP contribution in [0.2, 0.25) is 0 Å². The second-order valence-corrected chi connectivity index (χ2v) is 6.29. The molecule has 3 aromatic rings. The molecule has 0 radical (unpaired) electrons. The quantitative estimate of drug-likeness (QED) is 0.616. The molecule has 1 heterocycles. The maximum atomic E-state index is 12.4. The summed E-state index contributed by atoms with van der Waals surface area (Å²) in [6.07, 6.45) is 0. The van der Waals surface area contributed by atoms with Crippen LogP contribution in [0.5, 0.6) is 5.75 Å². The minimum absolute atomic E-state index is 0.116. The fourth-order valence-corrected chi connectivity index (χ4v) is 2.61. The minimum atomic E-state index is -0.317. The molecular formula is C19H15BrN2O3. The van der Waals surface area contributed by atoms with Gasteiger partial charge >= 0.3 is 0 Å². The maximum absolute atomic E-state index is 12.4. The number of hydrogen-bond acceptors (Lipinski definition) is 4. The molecule has 25 heavy (non-hydrogen) atoms. The van der Waals surface area contributed by atoms with E-state index in [4.69, 9.17) is 4.74 Å². The first-order chi connectivity index (χ1) is 12.1. The average molecular weight is 399 g/mol. The number of benzene rings is 2. The molecule has 2 aromatic carbocycles. The zero-order valence-electron chi connectivity index (χ0n) is 13.5. The topological polar surface area (TPSA) is 61.2 Å². The van der Waals surface area contributed by atoms with E-state index >= 15 is 0 Å². The van der Waals surface area contributed by atoms with Crippen LogP contribution in [0.4, 0.5) is 0 Å². The van der Waals surface area contributed by atoms with Crippen molar-refractivity contribution in [3.05, 3.63) is 81.1 Å². The predicted molar refractivity (Wildman–Crippen MR) is 99.0 cm³/mol. The lowest BCUT2D eigenvalue weighted by Gasteiger charge is -2.07. The molecule has 0 spiro atoms. The van der Waals surface area contributed by atoms with Gasteiger partial charge in [0.05, 0.1) is 12.8 Å². The van der Waals surface area contributed by atoms with Gasteiger partial charge in [0.2, 0.25) is 0 Å². The monoisotopic (exact) mass is 398 g/mol. The Hall–Kier alpha value is -2.73. The van der Waals surface area contributed by atoms with Crippen LogP contribution in [-0.2, 0) is 6.54 Å². The molecule has 0 unspecified atom stereocenters. The van der Waals surface area contributed by atoms with E-state index in [0.717, 1.165) is 10.0 Å². The number of rotatable bonds is 5. The van der Waals surface area contributed by atoms with Crippen molar-refractivity contribution in [3.63, 3.8) is 0 Å². The van der Waals surface area contributed by atoms with Gasteiger partial charge in [-0.25, -0.2) is 4.68 Å². The summed E-state index contributed by atoms with van der Waals surface area (Å²) in [5.41, 5.74) is 1.69. The Balaban J connectivity index is 1.86. The Morgan fingerprint density at radius 3 is 2.36 bits per heavy atom. The van der Waals surface area contributed by atoms with Crippen molar-refractivity contribution in [1.82, 2.24) is 9.78 Å². The second kappa shape index (κ2) is 7.44. The number of methoxy groups -OCH3 is 1. The summed E-state index contributed by atoms with van der Waals surface area (Å²) in [6, 6.07) is 17.4. The third kappa shape index (κ3) is 4.03. The number of Topliss-reactive ketones (excluding diaryl/α,β-unsaturated/α-hetero) is 1. The van der Waals surface area contributed by atoms with Crippen molar-refractivity contribution < 1.29 is 9.53 Å². The molecule has 6 heteroatoms. The van der Waals surface area contributed by atoms with Crippen LogP contribution >= 0.6 is 15.9 Å². The molecule has 0 aliphatic heterocycles. The molecule has 0 fully saturated rings. The van der Waals surface area contributed by atoms with E-state index in [1.807, 2.05) is 24.3 Å². The molecule has 3 rings (SSSR count). The first-order valence-corrected chi connectivity index (χ1v) is 8.37. The molecule has 5 nitrogen and oxygen atoms in total. The number of aromatic nitrogens is 2. The van der Waals surface area contributed by atoms with Gasteiger partial charge in [-0.1, -0.05) is 28.1 Å². The van der Waals surface area contributed by atoms with Gasteiger partial charge in [-0.05, 0) is 42.5 Å². The molecule has 0 bridgehead atoms. The summed E-state index contributed by atoms with van der Waals surface area (Å²) in [6.45, 7) is -0.116. The highest BCUT2D eigenvalue weighted by Gasteiger charge is 2.10. The normalized spacial score (nSPS) is 10.5. The average Bonchev–Trinajstić information content (AvgIpc) is 2.64. The molecule has 0 aliphatic rings. The summed E-state index contributed by atoms with van der Waals surface area (Å²) in [5.74, 6) is 0.481. The third-order valence-electron chi connectivity index (χ3n) is 3.71. The summed E-state index contributed by atoms with van der Waals surface area (Å²) < 4.78 is 7.22. The van der Waals surface area contributed by atoms with Gasteiger partial charge in [-0.3, -0.25) is 9.59 Å². The van der Waals surface area contributed by atoms with E-state index < -0.39 is 0 Å². The highest BCUT2D eigenvalue weighted by molar-refractivity contribution is 9.10. The Labute approximate surface area is 153 Å². The number of carbonyl (C=O) groups is 1. The summed E-state index contributed by atoms with van der Waals surface area (Å²) in [4.78, 5) is 24.5. The molecule has 0 N–H and O–H groups in total. The van der Waals surface area contributed by atoms with Crippen molar-refractivity contribution in [2.75, 3.05) is 7.11 Å². The zero-order valence-corrected chi connectivity index (χ0v) is 15.1. The molecule has 0 amide bonds. The molecule has 0 saturated carbocycles. The summed E-state index contributed by atoms with van der Waals surface area (Å²) in [7, 11) is 1.56. The lowest BCUT2D eigenvalue weighted by Crippen LogP contribution is -2.26. The number of hydrogen-bond donors (Lipinski definition) is 0. The SMILES string of the molecule is COc1ccc(C(=O)Cn2nc(-c3ccc(Br)cc3)ccc2=O)cc1. The van der Waals surface area contributed by atoms with Gasteiger partial charge in [-0.15, -0.1) is 0 Å². The highest BCUT2D eigenvalue weighted by Crippen LogP contribution is 2.19. The fraction of sp³-hybridized carbons (Fsp3) is 0.105. The van der Waals surface area contributed by atoms with Gasteiger partial charge < -0.3 is 4.74 Å². The largest absolute Gasteiger partial charge is 0.497 e. The zero-order chi connectivity index (χ0) is 17.8. The van der Waals surface area contributed by atoms with Crippen LogP contribution in [0.3, 0.4) is 0 Å². The van der Waals surface area contributed by atoms with E-state index in [9.17, 15) is 9.59 Å². The van der Waals surface area contributed by atoms with Crippen LogP contribution < -0.4 is 10.3 Å². The Kier molecular flexibility index (Phi) is 5.09. The van der Waals surface area contributed by atoms with Crippen molar-refractivity contribution in [1.29, 1.82) is 0 Å². The van der Waals surface area contributed by atoms with Crippen molar-refractivity contribution in [3.8, 4) is 17.0 Å². The Bertz CT molecular complexity index is 948. The molecule has 1 aromatic heterocycles. The maximum Gasteiger partial charge on any atom is 0.267 e. The van der Waals surface area contributed by atoms with Crippen LogP contribution in [0.25, 0.3) is 11.3 Å².